The molecule has 0 amide bonds. The van der Waals surface area contributed by atoms with Crippen molar-refractivity contribution in [2.45, 2.75) is 6.92 Å². The number of nitrogens with two attached hydrogens (primary N) is 1. The first-order valence-corrected chi connectivity index (χ1v) is 4.92. The molecule has 0 radical (unpaired) electrons. The molecule has 0 saturated heterocycles. The van der Waals surface area contributed by atoms with E-state index in [1.807, 2.05) is 6.92 Å². The van der Waals surface area contributed by atoms with Gasteiger partial charge in [-0.25, -0.2) is 0 Å². The van der Waals surface area contributed by atoms with Crippen LogP contribution in [-0.4, -0.2) is 15.7 Å². The van der Waals surface area contributed by atoms with Crippen LogP contribution in [0.3, 0.4) is 0 Å². The first-order valence-electron chi connectivity index (χ1n) is 4.01. The van der Waals surface area contributed by atoms with E-state index in [9.17, 15) is 0 Å². The van der Waals surface area contributed by atoms with Crippen molar-refractivity contribution in [3.05, 3.63) is 30.5 Å². The molecule has 0 aliphatic carbocycles. The number of hydrogen-bond donors (Lipinski definition) is 1. The highest BCUT2D eigenvalue weighted by Gasteiger charge is 1.97. The van der Waals surface area contributed by atoms with Crippen molar-refractivity contribution >= 4 is 17.7 Å². The Labute approximate surface area is 86.5 Å². The molecule has 0 fully saturated rings. The minimum Gasteiger partial charge on any atom is -0.394 e. The topological polar surface area (TPSA) is 70.3 Å². The third-order valence-electron chi connectivity index (χ3n) is 1.24. The van der Waals surface area contributed by atoms with E-state index in [1.165, 1.54) is 18.3 Å². The second-order valence-electron chi connectivity index (χ2n) is 2.23. The molecule has 0 bridgehead atoms. The molecule has 1 aromatic heterocycles. The molecule has 14 heavy (non-hydrogen) atoms. The minimum atomic E-state index is 0.370. The molecule has 0 aliphatic heterocycles. The monoisotopic (exact) mass is 213 g/mol. The highest BCUT2D eigenvalue weighted by Crippen LogP contribution is 2.06. The van der Waals surface area contributed by atoms with E-state index in [4.69, 9.17) is 10.6 Å². The van der Waals surface area contributed by atoms with Crippen molar-refractivity contribution in [1.82, 2.24) is 9.97 Å². The largest absolute Gasteiger partial charge is 0.394 e. The Bertz CT molecular complexity index is 292. The maximum Gasteiger partial charge on any atom is 0.156 e. The van der Waals surface area contributed by atoms with Crippen molar-refractivity contribution < 1.29 is 9.22 Å². The zero-order chi connectivity index (χ0) is 10.2. The van der Waals surface area contributed by atoms with Gasteiger partial charge >= 0.3 is 0 Å². The summed E-state index contributed by atoms with van der Waals surface area (Å²) in [5.74, 6) is 0.804. The van der Waals surface area contributed by atoms with Crippen molar-refractivity contribution in [3.8, 4) is 0 Å². The van der Waals surface area contributed by atoms with E-state index >= 15 is 0 Å². The van der Waals surface area contributed by atoms with Crippen molar-refractivity contribution in [1.29, 1.82) is 0 Å². The van der Waals surface area contributed by atoms with Crippen LogP contribution in [0.4, 0.5) is 0 Å². The fourth-order valence-electron chi connectivity index (χ4n) is 0.656. The van der Waals surface area contributed by atoms with Gasteiger partial charge in [0.05, 0.1) is 11.9 Å². The molecule has 2 N–H and O–H groups in total. The van der Waals surface area contributed by atoms with Gasteiger partial charge in [-0.05, 0) is 0 Å². The fraction of sp³-hybridized carbons (Fsp3) is 0.250. The minimum absolute atomic E-state index is 0.370. The molecule has 1 aromatic rings. The summed E-state index contributed by atoms with van der Waals surface area (Å²) >= 11 is 1.19. The molecule has 6 heteroatoms. The van der Waals surface area contributed by atoms with Crippen LogP contribution < -0.4 is 5.73 Å². The van der Waals surface area contributed by atoms with Gasteiger partial charge in [0.25, 0.3) is 0 Å². The van der Waals surface area contributed by atoms with Gasteiger partial charge < -0.3 is 10.6 Å². The number of hydrogen-bond acceptors (Lipinski definition) is 6. The zero-order valence-electron chi connectivity index (χ0n) is 7.71. The van der Waals surface area contributed by atoms with Crippen LogP contribution >= 0.6 is 12.0 Å². The highest BCUT2D eigenvalue weighted by molar-refractivity contribution is 7.94. The van der Waals surface area contributed by atoms with Crippen molar-refractivity contribution in [2.75, 3.05) is 5.75 Å². The molecule has 76 valence electrons. The predicted octanol–water partition coefficient (Wildman–Crippen LogP) is 1.35. The van der Waals surface area contributed by atoms with Crippen molar-refractivity contribution in [3.63, 3.8) is 0 Å². The summed E-state index contributed by atoms with van der Waals surface area (Å²) in [4.78, 5) is 12.5. The fourth-order valence-corrected chi connectivity index (χ4v) is 0.847. The van der Waals surface area contributed by atoms with Gasteiger partial charge in [-0.15, -0.1) is 4.33 Å². The molecule has 0 aromatic carbocycles. The maximum absolute atomic E-state index is 5.62. The van der Waals surface area contributed by atoms with Gasteiger partial charge in [0.1, 0.15) is 5.69 Å². The normalized spacial score (nSPS) is 11.4. The van der Waals surface area contributed by atoms with Crippen LogP contribution in [0.1, 0.15) is 12.6 Å². The Hall–Kier alpha value is -1.27. The van der Waals surface area contributed by atoms with Gasteiger partial charge in [0, 0.05) is 30.2 Å². The molecular formula is C8H11N3O2S. The predicted molar refractivity (Wildman–Crippen MR) is 54.5 cm³/mol. The first-order chi connectivity index (χ1) is 6.84. The van der Waals surface area contributed by atoms with E-state index < -0.39 is 0 Å². The average Bonchev–Trinajstić information content (AvgIpc) is 2.25. The SMILES string of the molecule is CCSOO/C=C(\N)c1cnccn1. The number of nitrogens with zero attached hydrogens (tertiary/aromatic N) is 2. The Kier molecular flexibility index (Phi) is 4.81. The molecule has 5 nitrogen and oxygen atoms in total. The van der Waals surface area contributed by atoms with Gasteiger partial charge in [0.2, 0.25) is 0 Å². The molecular weight excluding hydrogens is 202 g/mol. The molecule has 0 aliphatic rings. The van der Waals surface area contributed by atoms with Gasteiger partial charge in [-0.3, -0.25) is 9.97 Å². The van der Waals surface area contributed by atoms with E-state index in [0.717, 1.165) is 5.75 Å². The first kappa shape index (κ1) is 10.8. The smallest absolute Gasteiger partial charge is 0.156 e. The standard InChI is InChI=1S/C8H11N3O2S/c1-2-14-13-12-6-7(9)8-5-10-3-4-11-8/h3-6H,2,9H2,1H3/b7-6-. The number of aromatic nitrogens is 2. The van der Waals surface area contributed by atoms with Gasteiger partial charge in [-0.2, -0.15) is 0 Å². The summed E-state index contributed by atoms with van der Waals surface area (Å²) in [5, 5.41) is 0. The molecule has 0 atom stereocenters. The average molecular weight is 213 g/mol. The van der Waals surface area contributed by atoms with E-state index in [2.05, 4.69) is 14.3 Å². The Morgan fingerprint density at radius 3 is 3.14 bits per heavy atom. The second kappa shape index (κ2) is 6.22. The molecule has 1 heterocycles. The lowest BCUT2D eigenvalue weighted by molar-refractivity contribution is -0.128. The Balaban J connectivity index is 2.44. The zero-order valence-corrected chi connectivity index (χ0v) is 8.53. The summed E-state index contributed by atoms with van der Waals surface area (Å²) in [6.07, 6.45) is 5.95. The third-order valence-corrected chi connectivity index (χ3v) is 1.65. The summed E-state index contributed by atoms with van der Waals surface area (Å²) in [6, 6.07) is 0. The molecule has 0 spiro atoms. The number of rotatable bonds is 5. The van der Waals surface area contributed by atoms with Crippen LogP contribution in [0.15, 0.2) is 24.9 Å². The van der Waals surface area contributed by atoms with Gasteiger partial charge in [-0.1, -0.05) is 6.92 Å². The lowest BCUT2D eigenvalue weighted by atomic mass is 10.4. The van der Waals surface area contributed by atoms with Crippen LogP contribution in [-0.2, 0) is 9.22 Å². The quantitative estimate of drug-likeness (QED) is 0.262. The van der Waals surface area contributed by atoms with Gasteiger partial charge in [0.15, 0.2) is 6.26 Å². The highest BCUT2D eigenvalue weighted by atomic mass is 32.2. The molecule has 0 unspecified atom stereocenters. The van der Waals surface area contributed by atoms with E-state index in [-0.39, 0.29) is 0 Å². The Morgan fingerprint density at radius 1 is 1.64 bits per heavy atom. The van der Waals surface area contributed by atoms with E-state index in [1.54, 1.807) is 18.6 Å². The van der Waals surface area contributed by atoms with Crippen LogP contribution in [0, 0.1) is 0 Å². The lowest BCUT2D eigenvalue weighted by Crippen LogP contribution is -2.00. The third kappa shape index (κ3) is 3.63. The summed E-state index contributed by atoms with van der Waals surface area (Å²) < 4.78 is 4.69. The van der Waals surface area contributed by atoms with Crippen LogP contribution in [0.5, 0.6) is 0 Å². The van der Waals surface area contributed by atoms with Crippen LogP contribution in [0.2, 0.25) is 0 Å². The molecule has 1 rings (SSSR count). The maximum atomic E-state index is 5.62. The van der Waals surface area contributed by atoms with E-state index in [0.29, 0.717) is 11.4 Å². The lowest BCUT2D eigenvalue weighted by Gasteiger charge is -1.99. The molecule has 0 saturated carbocycles. The summed E-state index contributed by atoms with van der Waals surface area (Å²) in [6.45, 7) is 1.95. The van der Waals surface area contributed by atoms with Crippen LogP contribution in [0.25, 0.3) is 5.70 Å². The van der Waals surface area contributed by atoms with Crippen molar-refractivity contribution in [2.24, 2.45) is 5.73 Å². The summed E-state index contributed by atoms with van der Waals surface area (Å²) in [5.41, 5.74) is 6.55. The summed E-state index contributed by atoms with van der Waals surface area (Å²) in [7, 11) is 0. The second-order valence-corrected chi connectivity index (χ2v) is 3.18. The Morgan fingerprint density at radius 2 is 2.50 bits per heavy atom.